The van der Waals surface area contributed by atoms with E-state index in [1.54, 1.807) is 24.3 Å². The average molecular weight is 329 g/mol. The Labute approximate surface area is 147 Å². The van der Waals surface area contributed by atoms with E-state index < -0.39 is 0 Å². The van der Waals surface area contributed by atoms with Crippen molar-refractivity contribution < 1.29 is 4.79 Å². The number of carbonyl (C=O) groups is 1. The van der Waals surface area contributed by atoms with Crippen molar-refractivity contribution in [2.75, 3.05) is 17.3 Å². The molecule has 0 saturated carbocycles. The molecule has 3 aromatic rings. The van der Waals surface area contributed by atoms with E-state index in [2.05, 4.69) is 35.7 Å². The number of hydrogen-bond donors (Lipinski definition) is 1. The Hall–Kier alpha value is -3.32. The van der Waals surface area contributed by atoms with Crippen LogP contribution < -0.4 is 10.2 Å². The Balaban J connectivity index is 1.74. The minimum absolute atomic E-state index is 0.0969. The second-order valence-electron chi connectivity index (χ2n) is 6.00. The lowest BCUT2D eigenvalue weighted by atomic mass is 10.1. The van der Waals surface area contributed by atoms with Crippen molar-refractivity contribution in [1.82, 2.24) is 0 Å². The zero-order valence-electron chi connectivity index (χ0n) is 14.2. The van der Waals surface area contributed by atoms with Crippen LogP contribution in [-0.2, 0) is 4.79 Å². The highest BCUT2D eigenvalue weighted by Crippen LogP contribution is 2.23. The van der Waals surface area contributed by atoms with Gasteiger partial charge >= 0.3 is 0 Å². The van der Waals surface area contributed by atoms with Crippen molar-refractivity contribution in [3.05, 3.63) is 72.3 Å². The summed E-state index contributed by atoms with van der Waals surface area (Å²) in [6.45, 7) is 1.87. The van der Waals surface area contributed by atoms with E-state index in [9.17, 15) is 4.79 Å². The highest BCUT2D eigenvalue weighted by molar-refractivity contribution is 5.97. The quantitative estimate of drug-likeness (QED) is 0.781. The lowest BCUT2D eigenvalue weighted by Crippen LogP contribution is -2.39. The van der Waals surface area contributed by atoms with Gasteiger partial charge in [-0.25, -0.2) is 0 Å². The van der Waals surface area contributed by atoms with Crippen molar-refractivity contribution in [3.8, 4) is 6.07 Å². The van der Waals surface area contributed by atoms with E-state index in [-0.39, 0.29) is 11.9 Å². The monoisotopic (exact) mass is 329 g/mol. The molecule has 4 heteroatoms. The topological polar surface area (TPSA) is 56.1 Å². The summed E-state index contributed by atoms with van der Waals surface area (Å²) in [5.41, 5.74) is 2.24. The number of anilines is 2. The van der Waals surface area contributed by atoms with Crippen LogP contribution >= 0.6 is 0 Å². The number of nitrogens with zero attached hydrogens (tertiary/aromatic N) is 2. The number of nitriles is 1. The molecule has 1 amide bonds. The van der Waals surface area contributed by atoms with Crippen molar-refractivity contribution in [3.63, 3.8) is 0 Å². The van der Waals surface area contributed by atoms with Crippen LogP contribution in [0.15, 0.2) is 66.7 Å². The van der Waals surface area contributed by atoms with Crippen LogP contribution in [0.3, 0.4) is 0 Å². The van der Waals surface area contributed by atoms with Crippen molar-refractivity contribution in [2.24, 2.45) is 0 Å². The predicted molar refractivity (Wildman–Crippen MR) is 102 cm³/mol. The highest BCUT2D eigenvalue weighted by atomic mass is 16.2. The average Bonchev–Trinajstić information content (AvgIpc) is 2.67. The maximum absolute atomic E-state index is 12.5. The number of fused-ring (bicyclic) bond motifs is 1. The van der Waals surface area contributed by atoms with Gasteiger partial charge in [0, 0.05) is 18.4 Å². The fourth-order valence-corrected chi connectivity index (χ4v) is 2.67. The number of hydrogen-bond acceptors (Lipinski definition) is 3. The Kier molecular flexibility index (Phi) is 4.67. The van der Waals surface area contributed by atoms with Gasteiger partial charge < -0.3 is 10.2 Å². The first kappa shape index (κ1) is 16.5. The van der Waals surface area contributed by atoms with Crippen molar-refractivity contribution >= 4 is 28.1 Å². The Bertz CT molecular complexity index is 941. The maximum atomic E-state index is 12.5. The van der Waals surface area contributed by atoms with E-state index in [1.165, 1.54) is 5.39 Å². The van der Waals surface area contributed by atoms with Gasteiger partial charge in [-0.3, -0.25) is 4.79 Å². The first-order chi connectivity index (χ1) is 12.1. The minimum Gasteiger partial charge on any atom is -0.363 e. The summed E-state index contributed by atoms with van der Waals surface area (Å²) in [4.78, 5) is 14.5. The molecule has 1 N–H and O–H groups in total. The third kappa shape index (κ3) is 3.61. The zero-order valence-corrected chi connectivity index (χ0v) is 14.2. The predicted octanol–water partition coefficient (Wildman–Crippen LogP) is 4.17. The second-order valence-corrected chi connectivity index (χ2v) is 6.00. The van der Waals surface area contributed by atoms with Crippen LogP contribution in [0, 0.1) is 11.3 Å². The van der Waals surface area contributed by atoms with Gasteiger partial charge in [-0.1, -0.05) is 30.3 Å². The molecule has 0 unspecified atom stereocenters. The van der Waals surface area contributed by atoms with Crippen LogP contribution in [0.2, 0.25) is 0 Å². The highest BCUT2D eigenvalue weighted by Gasteiger charge is 2.18. The molecule has 0 aromatic heterocycles. The molecule has 0 aliphatic carbocycles. The summed E-state index contributed by atoms with van der Waals surface area (Å²) in [6, 6.07) is 22.9. The number of likely N-dealkylation sites (N-methyl/N-ethyl adjacent to an activating group) is 1. The smallest absolute Gasteiger partial charge is 0.246 e. The van der Waals surface area contributed by atoms with Gasteiger partial charge in [0.1, 0.15) is 6.04 Å². The lowest BCUT2D eigenvalue weighted by molar-refractivity contribution is -0.117. The molecule has 1 atom stereocenters. The first-order valence-electron chi connectivity index (χ1n) is 8.11. The molecule has 0 spiro atoms. The summed E-state index contributed by atoms with van der Waals surface area (Å²) in [5.74, 6) is -0.0969. The molecular weight excluding hydrogens is 310 g/mol. The number of benzene rings is 3. The van der Waals surface area contributed by atoms with Gasteiger partial charge in [0.15, 0.2) is 0 Å². The van der Waals surface area contributed by atoms with Gasteiger partial charge in [0.05, 0.1) is 11.6 Å². The molecule has 0 heterocycles. The molecule has 0 bridgehead atoms. The standard InChI is InChI=1S/C21H19N3O/c1-15(21(25)23-19-10-7-16(14-22)8-11-19)24(2)20-12-9-17-5-3-4-6-18(17)13-20/h3-13,15H,1-2H3,(H,23,25)/t15-/m0/s1. The molecule has 124 valence electrons. The molecule has 0 radical (unpaired) electrons. The van der Waals surface area contributed by atoms with Crippen LogP contribution in [0.1, 0.15) is 12.5 Å². The maximum Gasteiger partial charge on any atom is 0.246 e. The summed E-state index contributed by atoms with van der Waals surface area (Å²) in [7, 11) is 1.91. The van der Waals surface area contributed by atoms with Crippen molar-refractivity contribution in [2.45, 2.75) is 13.0 Å². The number of amides is 1. The molecule has 3 aromatic carbocycles. The third-order valence-corrected chi connectivity index (χ3v) is 4.38. The number of rotatable bonds is 4. The Morgan fingerprint density at radius 1 is 1.04 bits per heavy atom. The van der Waals surface area contributed by atoms with E-state index in [0.717, 1.165) is 11.1 Å². The second kappa shape index (κ2) is 7.06. The Morgan fingerprint density at radius 3 is 2.40 bits per heavy atom. The van der Waals surface area contributed by atoms with E-state index in [1.807, 2.05) is 37.1 Å². The fourth-order valence-electron chi connectivity index (χ4n) is 2.67. The molecular formula is C21H19N3O. The molecule has 4 nitrogen and oxygen atoms in total. The molecule has 25 heavy (non-hydrogen) atoms. The van der Waals surface area contributed by atoms with E-state index >= 15 is 0 Å². The van der Waals surface area contributed by atoms with Gasteiger partial charge in [-0.2, -0.15) is 5.26 Å². The van der Waals surface area contributed by atoms with Crippen LogP contribution in [0.5, 0.6) is 0 Å². The molecule has 0 saturated heterocycles. The summed E-state index contributed by atoms with van der Waals surface area (Å²) >= 11 is 0. The summed E-state index contributed by atoms with van der Waals surface area (Å²) in [6.07, 6.45) is 0. The largest absolute Gasteiger partial charge is 0.363 e. The minimum atomic E-state index is -0.336. The lowest BCUT2D eigenvalue weighted by Gasteiger charge is -2.26. The van der Waals surface area contributed by atoms with E-state index in [0.29, 0.717) is 11.3 Å². The third-order valence-electron chi connectivity index (χ3n) is 4.38. The van der Waals surface area contributed by atoms with Gasteiger partial charge in [0.25, 0.3) is 0 Å². The van der Waals surface area contributed by atoms with Gasteiger partial charge in [0.2, 0.25) is 5.91 Å². The first-order valence-corrected chi connectivity index (χ1v) is 8.11. The van der Waals surface area contributed by atoms with Crippen molar-refractivity contribution in [1.29, 1.82) is 5.26 Å². The van der Waals surface area contributed by atoms with E-state index in [4.69, 9.17) is 5.26 Å². The van der Waals surface area contributed by atoms with Crippen LogP contribution in [-0.4, -0.2) is 19.0 Å². The van der Waals surface area contributed by atoms with Crippen LogP contribution in [0.4, 0.5) is 11.4 Å². The van der Waals surface area contributed by atoms with Gasteiger partial charge in [-0.15, -0.1) is 0 Å². The van der Waals surface area contributed by atoms with Crippen LogP contribution in [0.25, 0.3) is 10.8 Å². The molecule has 3 rings (SSSR count). The molecule has 0 aliphatic rings. The Morgan fingerprint density at radius 2 is 1.72 bits per heavy atom. The number of nitrogens with one attached hydrogen (secondary N) is 1. The summed E-state index contributed by atoms with van der Waals surface area (Å²) < 4.78 is 0. The SMILES string of the molecule is C[C@@H](C(=O)Nc1ccc(C#N)cc1)N(C)c1ccc2ccccc2c1. The molecule has 0 aliphatic heterocycles. The molecule has 0 fully saturated rings. The zero-order chi connectivity index (χ0) is 17.8. The number of carbonyl (C=O) groups excluding carboxylic acids is 1. The summed E-state index contributed by atoms with van der Waals surface area (Å²) in [5, 5.41) is 14.0. The normalized spacial score (nSPS) is 11.6. The van der Waals surface area contributed by atoms with Gasteiger partial charge in [-0.05, 0) is 54.1 Å². The fraction of sp³-hybridized carbons (Fsp3) is 0.143.